The molecule has 3 aromatic rings. The van der Waals surface area contributed by atoms with Gasteiger partial charge in [0.25, 0.3) is 0 Å². The molecule has 29 heavy (non-hydrogen) atoms. The maximum Gasteiger partial charge on any atom is 0.222 e. The van der Waals surface area contributed by atoms with Crippen molar-refractivity contribution >= 4 is 29.0 Å². The first-order valence-corrected chi connectivity index (χ1v) is 9.34. The summed E-state index contributed by atoms with van der Waals surface area (Å²) in [5, 5.41) is 3.27. The molecular formula is C21H23N7O. The molecule has 8 nitrogen and oxygen atoms in total. The second-order valence-electron chi connectivity index (χ2n) is 7.28. The van der Waals surface area contributed by atoms with Crippen LogP contribution < -0.4 is 27.3 Å². The molecule has 0 saturated heterocycles. The summed E-state index contributed by atoms with van der Waals surface area (Å²) in [5.74, 6) is 2.72. The third-order valence-electron chi connectivity index (χ3n) is 4.45. The minimum absolute atomic E-state index is 0.176. The highest BCUT2D eigenvalue weighted by atomic mass is 16.5. The van der Waals surface area contributed by atoms with Gasteiger partial charge in [0.2, 0.25) is 5.95 Å². The van der Waals surface area contributed by atoms with Crippen molar-refractivity contribution in [3.8, 4) is 22.8 Å². The number of nitrogens with two attached hydrogens (primary N) is 3. The molecular weight excluding hydrogens is 366 g/mol. The molecule has 4 rings (SSSR count). The molecule has 0 bridgehead atoms. The lowest BCUT2D eigenvalue weighted by Crippen LogP contribution is -2.15. The number of benzene rings is 2. The SMILES string of the molecule is CC(C)CNc1cc(-c2cc(N)c3c(c2)Oc2ccccc2N=C3N)nc(N)n1. The predicted octanol–water partition coefficient (Wildman–Crippen LogP) is 3.52. The van der Waals surface area contributed by atoms with Crippen LogP contribution in [0, 0.1) is 5.92 Å². The van der Waals surface area contributed by atoms with Crippen molar-refractivity contribution in [3.63, 3.8) is 0 Å². The Morgan fingerprint density at radius 2 is 1.79 bits per heavy atom. The fraction of sp³-hybridized carbons (Fsp3) is 0.190. The van der Waals surface area contributed by atoms with Crippen molar-refractivity contribution in [3.05, 3.63) is 48.0 Å². The van der Waals surface area contributed by atoms with Gasteiger partial charge in [0.05, 0.1) is 11.3 Å². The van der Waals surface area contributed by atoms with Gasteiger partial charge in [-0.2, -0.15) is 4.98 Å². The van der Waals surface area contributed by atoms with Crippen LogP contribution in [0.4, 0.5) is 23.1 Å². The minimum atomic E-state index is 0.176. The number of aromatic nitrogens is 2. The summed E-state index contributed by atoms with van der Waals surface area (Å²) in [7, 11) is 0. The van der Waals surface area contributed by atoms with E-state index in [9.17, 15) is 0 Å². The first kappa shape index (κ1) is 18.5. The fourth-order valence-electron chi connectivity index (χ4n) is 3.09. The van der Waals surface area contributed by atoms with Crippen LogP contribution in [0.25, 0.3) is 11.3 Å². The average molecular weight is 389 g/mol. The quantitative estimate of drug-likeness (QED) is 0.501. The maximum atomic E-state index is 6.32. The summed E-state index contributed by atoms with van der Waals surface area (Å²) >= 11 is 0. The predicted molar refractivity (Wildman–Crippen MR) is 117 cm³/mol. The highest BCUT2D eigenvalue weighted by Gasteiger charge is 2.21. The molecule has 0 saturated carbocycles. The number of amidine groups is 1. The molecule has 1 aliphatic rings. The Morgan fingerprint density at radius 1 is 1.00 bits per heavy atom. The van der Waals surface area contributed by atoms with Crippen LogP contribution >= 0.6 is 0 Å². The number of anilines is 3. The standard InChI is InChI=1S/C21H23N7O/c1-11(2)10-25-18-9-15(27-21(24)28-18)12-7-13(22)19-17(8-12)29-16-6-4-3-5-14(16)26-20(19)23/h3-9,11H,10,22H2,1-2H3,(H2,23,26)(H3,24,25,27,28). The number of rotatable bonds is 4. The van der Waals surface area contributed by atoms with Crippen LogP contribution in [0.3, 0.4) is 0 Å². The van der Waals surface area contributed by atoms with Crippen molar-refractivity contribution in [2.45, 2.75) is 13.8 Å². The zero-order valence-corrected chi connectivity index (χ0v) is 16.3. The van der Waals surface area contributed by atoms with E-state index in [1.54, 1.807) is 6.07 Å². The molecule has 0 spiro atoms. The van der Waals surface area contributed by atoms with Gasteiger partial charge in [-0.3, -0.25) is 0 Å². The highest BCUT2D eigenvalue weighted by Crippen LogP contribution is 2.40. The van der Waals surface area contributed by atoms with Crippen LogP contribution in [-0.2, 0) is 0 Å². The Hall–Kier alpha value is -3.81. The van der Waals surface area contributed by atoms with Gasteiger partial charge >= 0.3 is 0 Å². The van der Waals surface area contributed by atoms with Crippen molar-refractivity contribution < 1.29 is 4.74 Å². The van der Waals surface area contributed by atoms with Crippen LogP contribution in [0.15, 0.2) is 47.5 Å². The van der Waals surface area contributed by atoms with Crippen LogP contribution in [0.2, 0.25) is 0 Å². The van der Waals surface area contributed by atoms with Crippen LogP contribution in [0.1, 0.15) is 19.4 Å². The van der Waals surface area contributed by atoms with Crippen LogP contribution in [-0.4, -0.2) is 22.3 Å². The van der Waals surface area contributed by atoms with Gasteiger partial charge in [-0.15, -0.1) is 0 Å². The van der Waals surface area contributed by atoms with Crippen molar-refractivity contribution in [1.29, 1.82) is 0 Å². The van der Waals surface area contributed by atoms with Gasteiger partial charge in [0, 0.05) is 23.9 Å². The summed E-state index contributed by atoms with van der Waals surface area (Å²) in [4.78, 5) is 13.1. The van der Waals surface area contributed by atoms with Gasteiger partial charge in [-0.1, -0.05) is 26.0 Å². The van der Waals surface area contributed by atoms with Crippen molar-refractivity contribution in [1.82, 2.24) is 9.97 Å². The average Bonchev–Trinajstić information content (AvgIpc) is 2.81. The second kappa shape index (κ2) is 7.31. The molecule has 8 heteroatoms. The first-order chi connectivity index (χ1) is 13.9. The first-order valence-electron chi connectivity index (χ1n) is 9.34. The molecule has 7 N–H and O–H groups in total. The summed E-state index contributed by atoms with van der Waals surface area (Å²) in [6, 6.07) is 12.9. The van der Waals surface area contributed by atoms with Gasteiger partial charge in [0.15, 0.2) is 5.75 Å². The Bertz CT molecular complexity index is 1110. The Balaban J connectivity index is 1.79. The van der Waals surface area contributed by atoms with Crippen molar-refractivity contribution in [2.24, 2.45) is 16.6 Å². The highest BCUT2D eigenvalue weighted by molar-refractivity contribution is 6.07. The molecule has 0 fully saturated rings. The molecule has 0 atom stereocenters. The Kier molecular flexibility index (Phi) is 4.67. The second-order valence-corrected chi connectivity index (χ2v) is 7.28. The topological polar surface area (TPSA) is 137 Å². The molecule has 1 aliphatic heterocycles. The molecule has 0 aliphatic carbocycles. The van der Waals surface area contributed by atoms with E-state index in [1.165, 1.54) is 0 Å². The number of ether oxygens (including phenoxy) is 1. The van der Waals surface area contributed by atoms with E-state index in [0.717, 1.165) is 12.1 Å². The lowest BCUT2D eigenvalue weighted by molar-refractivity contribution is 0.485. The lowest BCUT2D eigenvalue weighted by Gasteiger charge is -2.14. The summed E-state index contributed by atoms with van der Waals surface area (Å²) < 4.78 is 6.09. The third kappa shape index (κ3) is 3.77. The molecule has 0 amide bonds. The number of fused-ring (bicyclic) bond motifs is 2. The van der Waals surface area contributed by atoms with E-state index in [0.29, 0.717) is 51.7 Å². The number of hydrogen-bond acceptors (Lipinski definition) is 8. The lowest BCUT2D eigenvalue weighted by atomic mass is 10.0. The normalized spacial score (nSPS) is 12.4. The molecule has 0 radical (unpaired) electrons. The van der Waals surface area contributed by atoms with E-state index >= 15 is 0 Å². The van der Waals surface area contributed by atoms with E-state index in [2.05, 4.69) is 34.1 Å². The molecule has 148 valence electrons. The number of para-hydroxylation sites is 2. The largest absolute Gasteiger partial charge is 0.454 e. The number of nitrogens with zero attached hydrogens (tertiary/aromatic N) is 3. The fourth-order valence-corrected chi connectivity index (χ4v) is 3.09. The molecule has 0 unspecified atom stereocenters. The van der Waals surface area contributed by atoms with Gasteiger partial charge < -0.3 is 27.3 Å². The number of hydrogen-bond donors (Lipinski definition) is 4. The van der Waals surface area contributed by atoms with Crippen molar-refractivity contribution in [2.75, 3.05) is 23.3 Å². The number of nitrogen functional groups attached to an aromatic ring is 2. The summed E-state index contributed by atoms with van der Waals surface area (Å²) in [5.41, 5.74) is 21.5. The zero-order valence-electron chi connectivity index (χ0n) is 16.3. The smallest absolute Gasteiger partial charge is 0.222 e. The molecule has 2 aromatic carbocycles. The summed E-state index contributed by atoms with van der Waals surface area (Å²) in [6.45, 7) is 5.01. The van der Waals surface area contributed by atoms with E-state index in [4.69, 9.17) is 21.9 Å². The molecule has 1 aromatic heterocycles. The van der Waals surface area contributed by atoms with E-state index in [1.807, 2.05) is 36.4 Å². The minimum Gasteiger partial charge on any atom is -0.454 e. The van der Waals surface area contributed by atoms with Gasteiger partial charge in [-0.05, 0) is 30.2 Å². The third-order valence-corrected chi connectivity index (χ3v) is 4.45. The van der Waals surface area contributed by atoms with Gasteiger partial charge in [-0.25, -0.2) is 9.98 Å². The maximum absolute atomic E-state index is 6.32. The van der Waals surface area contributed by atoms with E-state index < -0.39 is 0 Å². The number of nitrogens with one attached hydrogen (secondary N) is 1. The Morgan fingerprint density at radius 3 is 2.59 bits per heavy atom. The van der Waals surface area contributed by atoms with Gasteiger partial charge in [0.1, 0.15) is 23.1 Å². The number of aliphatic imine (C=N–C) groups is 1. The van der Waals surface area contributed by atoms with Crippen LogP contribution in [0.5, 0.6) is 11.5 Å². The van der Waals surface area contributed by atoms with E-state index in [-0.39, 0.29) is 5.95 Å². The molecule has 2 heterocycles. The zero-order chi connectivity index (χ0) is 20.5. The Labute approximate surface area is 168 Å². The monoisotopic (exact) mass is 389 g/mol. The summed E-state index contributed by atoms with van der Waals surface area (Å²) in [6.07, 6.45) is 0.